The Kier molecular flexibility index (Phi) is 3.32. The van der Waals surface area contributed by atoms with Gasteiger partial charge in [0.2, 0.25) is 0 Å². The van der Waals surface area contributed by atoms with Gasteiger partial charge in [-0.05, 0) is 26.0 Å². The van der Waals surface area contributed by atoms with Crippen molar-refractivity contribution >= 4 is 5.82 Å². The molecule has 2 rings (SSSR count). The van der Waals surface area contributed by atoms with Crippen LogP contribution in [0.15, 0.2) is 36.8 Å². The largest absolute Gasteiger partial charge is 0.350 e. The average Bonchev–Trinajstić information content (AvgIpc) is 2.38. The Bertz CT molecular complexity index is 484. The zero-order valence-electron chi connectivity index (χ0n) is 10.3. The normalized spacial score (nSPS) is 12.2. The summed E-state index contributed by atoms with van der Waals surface area (Å²) in [6.45, 7) is 4.04. The zero-order valence-corrected chi connectivity index (χ0v) is 10.3. The molecule has 0 N–H and O–H groups in total. The lowest BCUT2D eigenvalue weighted by atomic mass is 10.2. The predicted octanol–water partition coefficient (Wildman–Crippen LogP) is 2.38. The van der Waals surface area contributed by atoms with Gasteiger partial charge in [0.1, 0.15) is 5.82 Å². The standard InChI is InChI=1S/C13H16N4/c1-10-8-14-9-13(16-10)17(3)11(2)12-6-4-5-7-15-12/h4-9,11H,1-3H3. The molecule has 1 unspecified atom stereocenters. The van der Waals surface area contributed by atoms with E-state index in [4.69, 9.17) is 0 Å². The van der Waals surface area contributed by atoms with Crippen LogP contribution in [-0.4, -0.2) is 22.0 Å². The summed E-state index contributed by atoms with van der Waals surface area (Å²) in [6.07, 6.45) is 5.33. The zero-order chi connectivity index (χ0) is 12.3. The average molecular weight is 228 g/mol. The molecule has 0 aliphatic heterocycles. The Labute approximate surface area is 101 Å². The van der Waals surface area contributed by atoms with Gasteiger partial charge in [0, 0.05) is 19.4 Å². The fourth-order valence-corrected chi connectivity index (χ4v) is 1.64. The Morgan fingerprint density at radius 1 is 1.24 bits per heavy atom. The Morgan fingerprint density at radius 3 is 2.71 bits per heavy atom. The van der Waals surface area contributed by atoms with Crippen LogP contribution in [0.2, 0.25) is 0 Å². The maximum Gasteiger partial charge on any atom is 0.147 e. The fourth-order valence-electron chi connectivity index (χ4n) is 1.64. The minimum absolute atomic E-state index is 0.173. The van der Waals surface area contributed by atoms with Gasteiger partial charge < -0.3 is 4.90 Å². The first-order valence-corrected chi connectivity index (χ1v) is 5.61. The van der Waals surface area contributed by atoms with E-state index in [1.807, 2.05) is 38.4 Å². The third kappa shape index (κ3) is 2.58. The molecule has 0 saturated carbocycles. The fraction of sp³-hybridized carbons (Fsp3) is 0.308. The second-order valence-corrected chi connectivity index (χ2v) is 4.06. The summed E-state index contributed by atoms with van der Waals surface area (Å²) in [5.41, 5.74) is 1.95. The van der Waals surface area contributed by atoms with Crippen molar-refractivity contribution in [1.29, 1.82) is 0 Å². The Balaban J connectivity index is 2.23. The molecule has 0 amide bonds. The summed E-state index contributed by atoms with van der Waals surface area (Å²) in [4.78, 5) is 15.0. The van der Waals surface area contributed by atoms with E-state index in [1.54, 1.807) is 12.4 Å². The number of hydrogen-bond acceptors (Lipinski definition) is 4. The van der Waals surface area contributed by atoms with E-state index in [1.165, 1.54) is 0 Å². The van der Waals surface area contributed by atoms with Crippen LogP contribution in [0.3, 0.4) is 0 Å². The highest BCUT2D eigenvalue weighted by Crippen LogP contribution is 2.21. The van der Waals surface area contributed by atoms with Crippen molar-refractivity contribution in [2.45, 2.75) is 19.9 Å². The molecular formula is C13H16N4. The third-order valence-electron chi connectivity index (χ3n) is 2.80. The van der Waals surface area contributed by atoms with Crippen LogP contribution in [-0.2, 0) is 0 Å². The van der Waals surface area contributed by atoms with Gasteiger partial charge in [0.05, 0.1) is 23.6 Å². The van der Waals surface area contributed by atoms with Crippen LogP contribution >= 0.6 is 0 Å². The molecule has 88 valence electrons. The van der Waals surface area contributed by atoms with Crippen molar-refractivity contribution in [2.75, 3.05) is 11.9 Å². The summed E-state index contributed by atoms with van der Waals surface area (Å²) in [6, 6.07) is 6.11. The highest BCUT2D eigenvalue weighted by molar-refractivity contribution is 5.38. The number of anilines is 1. The molecule has 17 heavy (non-hydrogen) atoms. The van der Waals surface area contributed by atoms with Gasteiger partial charge in [-0.1, -0.05) is 6.07 Å². The topological polar surface area (TPSA) is 41.9 Å². The van der Waals surface area contributed by atoms with Crippen LogP contribution in [0, 0.1) is 6.92 Å². The van der Waals surface area contributed by atoms with E-state index >= 15 is 0 Å². The van der Waals surface area contributed by atoms with Crippen molar-refractivity contribution in [3.05, 3.63) is 48.2 Å². The minimum Gasteiger partial charge on any atom is -0.350 e. The predicted molar refractivity (Wildman–Crippen MR) is 67.8 cm³/mol. The van der Waals surface area contributed by atoms with Crippen LogP contribution in [0.4, 0.5) is 5.82 Å². The first-order chi connectivity index (χ1) is 8.18. The molecule has 2 aromatic rings. The number of pyridine rings is 1. The third-order valence-corrected chi connectivity index (χ3v) is 2.80. The molecule has 1 atom stereocenters. The molecule has 0 fully saturated rings. The van der Waals surface area contributed by atoms with Crippen molar-refractivity contribution < 1.29 is 0 Å². The minimum atomic E-state index is 0.173. The van der Waals surface area contributed by atoms with Crippen molar-refractivity contribution in [3.63, 3.8) is 0 Å². The SMILES string of the molecule is Cc1cncc(N(C)C(C)c2ccccn2)n1. The van der Waals surface area contributed by atoms with E-state index in [0.717, 1.165) is 17.2 Å². The van der Waals surface area contributed by atoms with Gasteiger partial charge in [-0.25, -0.2) is 4.98 Å². The maximum absolute atomic E-state index is 4.46. The van der Waals surface area contributed by atoms with Crippen LogP contribution in [0.1, 0.15) is 24.4 Å². The van der Waals surface area contributed by atoms with Crippen molar-refractivity contribution in [1.82, 2.24) is 15.0 Å². The monoisotopic (exact) mass is 228 g/mol. The molecule has 2 aromatic heterocycles. The lowest BCUT2D eigenvalue weighted by Crippen LogP contribution is -2.23. The maximum atomic E-state index is 4.46. The van der Waals surface area contributed by atoms with E-state index in [2.05, 4.69) is 26.8 Å². The number of rotatable bonds is 3. The van der Waals surface area contributed by atoms with Gasteiger partial charge >= 0.3 is 0 Å². The van der Waals surface area contributed by atoms with Gasteiger partial charge in [-0.3, -0.25) is 9.97 Å². The van der Waals surface area contributed by atoms with E-state index in [9.17, 15) is 0 Å². The molecule has 0 aromatic carbocycles. The second kappa shape index (κ2) is 4.91. The van der Waals surface area contributed by atoms with Crippen LogP contribution in [0.25, 0.3) is 0 Å². The first-order valence-electron chi connectivity index (χ1n) is 5.61. The Hall–Kier alpha value is -1.97. The van der Waals surface area contributed by atoms with E-state index in [0.29, 0.717) is 0 Å². The van der Waals surface area contributed by atoms with Crippen molar-refractivity contribution in [2.24, 2.45) is 0 Å². The first kappa shape index (κ1) is 11.5. The number of nitrogens with zero attached hydrogens (tertiary/aromatic N) is 4. The van der Waals surface area contributed by atoms with E-state index < -0.39 is 0 Å². The molecule has 0 aliphatic rings. The summed E-state index contributed by atoms with van der Waals surface area (Å²) in [5.74, 6) is 0.864. The van der Waals surface area contributed by atoms with Crippen LogP contribution < -0.4 is 4.90 Å². The van der Waals surface area contributed by atoms with Crippen molar-refractivity contribution in [3.8, 4) is 0 Å². The van der Waals surface area contributed by atoms with Gasteiger partial charge in [0.25, 0.3) is 0 Å². The summed E-state index contributed by atoms with van der Waals surface area (Å²) >= 11 is 0. The number of aryl methyl sites for hydroxylation is 1. The van der Waals surface area contributed by atoms with Gasteiger partial charge in [-0.2, -0.15) is 0 Å². The summed E-state index contributed by atoms with van der Waals surface area (Å²) in [7, 11) is 2.00. The molecule has 0 spiro atoms. The highest BCUT2D eigenvalue weighted by Gasteiger charge is 2.14. The molecule has 2 heterocycles. The Morgan fingerprint density at radius 2 is 2.06 bits per heavy atom. The summed E-state index contributed by atoms with van der Waals surface area (Å²) < 4.78 is 0. The molecular weight excluding hydrogens is 212 g/mol. The quantitative estimate of drug-likeness (QED) is 0.808. The summed E-state index contributed by atoms with van der Waals surface area (Å²) in [5, 5.41) is 0. The highest BCUT2D eigenvalue weighted by atomic mass is 15.2. The second-order valence-electron chi connectivity index (χ2n) is 4.06. The molecule has 4 heteroatoms. The smallest absolute Gasteiger partial charge is 0.147 e. The van der Waals surface area contributed by atoms with Crippen LogP contribution in [0.5, 0.6) is 0 Å². The number of aromatic nitrogens is 3. The lowest BCUT2D eigenvalue weighted by Gasteiger charge is -2.25. The molecule has 0 saturated heterocycles. The molecule has 0 bridgehead atoms. The molecule has 4 nitrogen and oxygen atoms in total. The van der Waals surface area contributed by atoms with E-state index in [-0.39, 0.29) is 6.04 Å². The van der Waals surface area contributed by atoms with Gasteiger partial charge in [-0.15, -0.1) is 0 Å². The van der Waals surface area contributed by atoms with Gasteiger partial charge in [0.15, 0.2) is 0 Å². The molecule has 0 aliphatic carbocycles. The molecule has 0 radical (unpaired) electrons. The number of hydrogen-bond donors (Lipinski definition) is 0. The lowest BCUT2D eigenvalue weighted by molar-refractivity contribution is 0.701.